The molecule has 8 heteroatoms. The third-order valence-corrected chi connectivity index (χ3v) is 7.71. The molecule has 6 nitrogen and oxygen atoms in total. The summed E-state index contributed by atoms with van der Waals surface area (Å²) in [6, 6.07) is 4.67. The first-order chi connectivity index (χ1) is 12.7. The number of rotatable bonds is 6. The molecule has 0 unspecified atom stereocenters. The minimum atomic E-state index is -3.64. The van der Waals surface area contributed by atoms with Gasteiger partial charge in [0.05, 0.1) is 10.9 Å². The fraction of sp³-hybridized carbons (Fsp3) is 0.632. The Morgan fingerprint density at radius 1 is 1.19 bits per heavy atom. The van der Waals surface area contributed by atoms with Gasteiger partial charge in [0.1, 0.15) is 5.82 Å². The van der Waals surface area contributed by atoms with E-state index < -0.39 is 15.8 Å². The van der Waals surface area contributed by atoms with E-state index in [9.17, 15) is 17.6 Å². The fourth-order valence-corrected chi connectivity index (χ4v) is 5.93. The quantitative estimate of drug-likeness (QED) is 0.764. The van der Waals surface area contributed by atoms with Gasteiger partial charge in [-0.05, 0) is 61.9 Å². The number of benzene rings is 1. The van der Waals surface area contributed by atoms with Gasteiger partial charge in [0.25, 0.3) is 0 Å². The summed E-state index contributed by atoms with van der Waals surface area (Å²) >= 11 is 0. The SMILES string of the molecule is CN[C@H](C(=O)N[C@H]1CC[C@@H]2CN(S(=O)(=O)c3ccc(F)cc3)C[C@@H]21)C(C)C. The van der Waals surface area contributed by atoms with Gasteiger partial charge >= 0.3 is 0 Å². The van der Waals surface area contributed by atoms with Gasteiger partial charge in [-0.3, -0.25) is 4.79 Å². The first kappa shape index (κ1) is 20.2. The average Bonchev–Trinajstić information content (AvgIpc) is 3.18. The lowest BCUT2D eigenvalue weighted by Crippen LogP contribution is -2.50. The second-order valence-corrected chi connectivity index (χ2v) is 9.84. The Balaban J connectivity index is 1.69. The summed E-state index contributed by atoms with van der Waals surface area (Å²) in [7, 11) is -1.87. The molecule has 0 spiro atoms. The molecule has 1 saturated carbocycles. The van der Waals surface area contributed by atoms with E-state index in [0.29, 0.717) is 13.1 Å². The first-order valence-electron chi connectivity index (χ1n) is 9.47. The molecule has 2 fully saturated rings. The molecule has 1 aliphatic carbocycles. The number of nitrogens with one attached hydrogen (secondary N) is 2. The summed E-state index contributed by atoms with van der Waals surface area (Å²) in [4.78, 5) is 12.7. The van der Waals surface area contributed by atoms with Crippen LogP contribution in [0.1, 0.15) is 26.7 Å². The summed E-state index contributed by atoms with van der Waals surface area (Å²) < 4.78 is 40.3. The molecule has 1 aliphatic heterocycles. The zero-order valence-electron chi connectivity index (χ0n) is 16.0. The smallest absolute Gasteiger partial charge is 0.243 e. The van der Waals surface area contributed by atoms with E-state index in [4.69, 9.17) is 0 Å². The van der Waals surface area contributed by atoms with Crippen LogP contribution in [0.15, 0.2) is 29.2 Å². The van der Waals surface area contributed by atoms with Crippen molar-refractivity contribution in [3.05, 3.63) is 30.1 Å². The third-order valence-electron chi connectivity index (χ3n) is 5.86. The number of nitrogens with zero attached hydrogens (tertiary/aromatic N) is 1. The maximum atomic E-state index is 13.1. The fourth-order valence-electron chi connectivity index (χ4n) is 4.40. The maximum absolute atomic E-state index is 13.1. The van der Waals surface area contributed by atoms with Crippen molar-refractivity contribution in [1.82, 2.24) is 14.9 Å². The summed E-state index contributed by atoms with van der Waals surface area (Å²) in [5, 5.41) is 6.17. The molecule has 0 aromatic heterocycles. The van der Waals surface area contributed by atoms with Gasteiger partial charge in [0, 0.05) is 19.1 Å². The van der Waals surface area contributed by atoms with Crippen LogP contribution in [-0.2, 0) is 14.8 Å². The lowest BCUT2D eigenvalue weighted by molar-refractivity contribution is -0.125. The third kappa shape index (κ3) is 4.02. The van der Waals surface area contributed by atoms with Crippen molar-refractivity contribution in [2.75, 3.05) is 20.1 Å². The topological polar surface area (TPSA) is 78.5 Å². The number of hydrogen-bond acceptors (Lipinski definition) is 4. The van der Waals surface area contributed by atoms with Crippen molar-refractivity contribution in [2.45, 2.75) is 43.7 Å². The number of carbonyl (C=O) groups excluding carboxylic acids is 1. The van der Waals surface area contributed by atoms with Crippen LogP contribution in [0.25, 0.3) is 0 Å². The van der Waals surface area contributed by atoms with E-state index in [1.54, 1.807) is 7.05 Å². The molecule has 150 valence electrons. The van der Waals surface area contributed by atoms with Gasteiger partial charge in [0.15, 0.2) is 0 Å². The molecule has 2 aliphatic rings. The van der Waals surface area contributed by atoms with Crippen molar-refractivity contribution in [1.29, 1.82) is 0 Å². The van der Waals surface area contributed by atoms with Crippen LogP contribution in [0.3, 0.4) is 0 Å². The van der Waals surface area contributed by atoms with E-state index in [-0.39, 0.29) is 40.6 Å². The lowest BCUT2D eigenvalue weighted by atomic mass is 9.97. The Labute approximate surface area is 160 Å². The Morgan fingerprint density at radius 2 is 1.85 bits per heavy atom. The summed E-state index contributed by atoms with van der Waals surface area (Å²) in [6.07, 6.45) is 1.77. The Bertz CT molecular complexity index is 782. The number of amides is 1. The van der Waals surface area contributed by atoms with Crippen LogP contribution in [0.4, 0.5) is 4.39 Å². The second-order valence-electron chi connectivity index (χ2n) is 7.90. The number of carbonyl (C=O) groups is 1. The number of fused-ring (bicyclic) bond motifs is 1. The second kappa shape index (κ2) is 7.85. The molecule has 0 bridgehead atoms. The van der Waals surface area contributed by atoms with Crippen molar-refractivity contribution in [3.63, 3.8) is 0 Å². The molecule has 3 rings (SSSR count). The standard InChI is InChI=1S/C19H28FN3O3S/c1-12(2)18(21-3)19(24)22-17-9-4-13-10-23(11-16(13)17)27(25,26)15-7-5-14(20)6-8-15/h5-8,12-13,16-18,21H,4,9-11H2,1-3H3,(H,22,24)/t13-,16+,17+,18+/m1/s1. The van der Waals surface area contributed by atoms with Crippen molar-refractivity contribution in [3.8, 4) is 0 Å². The zero-order chi connectivity index (χ0) is 19.8. The Kier molecular flexibility index (Phi) is 5.88. The molecule has 27 heavy (non-hydrogen) atoms. The van der Waals surface area contributed by atoms with Crippen molar-refractivity contribution < 1.29 is 17.6 Å². The monoisotopic (exact) mass is 397 g/mol. The van der Waals surface area contributed by atoms with Crippen LogP contribution in [0.5, 0.6) is 0 Å². The van der Waals surface area contributed by atoms with E-state index in [2.05, 4.69) is 10.6 Å². The lowest BCUT2D eigenvalue weighted by Gasteiger charge is -2.25. The predicted molar refractivity (Wildman–Crippen MR) is 101 cm³/mol. The number of likely N-dealkylation sites (N-methyl/N-ethyl adjacent to an activating group) is 1. The molecule has 1 saturated heterocycles. The summed E-state index contributed by atoms with van der Waals surface area (Å²) in [5.74, 6) is 0.0508. The number of halogens is 1. The van der Waals surface area contributed by atoms with Crippen LogP contribution < -0.4 is 10.6 Å². The van der Waals surface area contributed by atoms with Gasteiger partial charge in [-0.25, -0.2) is 12.8 Å². The Morgan fingerprint density at radius 3 is 2.44 bits per heavy atom. The van der Waals surface area contributed by atoms with Gasteiger partial charge in [-0.15, -0.1) is 0 Å². The normalized spacial score (nSPS) is 26.9. The molecule has 1 amide bonds. The highest BCUT2D eigenvalue weighted by atomic mass is 32.2. The zero-order valence-corrected chi connectivity index (χ0v) is 16.8. The average molecular weight is 398 g/mol. The van der Waals surface area contributed by atoms with E-state index in [1.165, 1.54) is 16.4 Å². The highest BCUT2D eigenvalue weighted by Crippen LogP contribution is 2.40. The van der Waals surface area contributed by atoms with Crippen molar-refractivity contribution >= 4 is 15.9 Å². The highest BCUT2D eigenvalue weighted by Gasteiger charge is 2.47. The Hall–Kier alpha value is -1.51. The summed E-state index contributed by atoms with van der Waals surface area (Å²) in [6.45, 7) is 4.83. The predicted octanol–water partition coefficient (Wildman–Crippen LogP) is 1.58. The maximum Gasteiger partial charge on any atom is 0.243 e. The van der Waals surface area contributed by atoms with Gasteiger partial charge in [0.2, 0.25) is 15.9 Å². The van der Waals surface area contributed by atoms with Crippen LogP contribution in [-0.4, -0.2) is 50.9 Å². The number of hydrogen-bond donors (Lipinski definition) is 2. The number of sulfonamides is 1. The van der Waals surface area contributed by atoms with Gasteiger partial charge in [-0.2, -0.15) is 4.31 Å². The molecule has 0 radical (unpaired) electrons. The molecule has 2 N–H and O–H groups in total. The molecular weight excluding hydrogens is 369 g/mol. The van der Waals surface area contributed by atoms with Gasteiger partial charge in [-0.1, -0.05) is 13.8 Å². The molecular formula is C19H28FN3O3S. The van der Waals surface area contributed by atoms with Gasteiger partial charge < -0.3 is 10.6 Å². The first-order valence-corrected chi connectivity index (χ1v) is 10.9. The van der Waals surface area contributed by atoms with E-state index in [1.807, 2.05) is 13.8 Å². The minimum absolute atomic E-state index is 0.00878. The highest BCUT2D eigenvalue weighted by molar-refractivity contribution is 7.89. The minimum Gasteiger partial charge on any atom is -0.352 e. The largest absolute Gasteiger partial charge is 0.352 e. The van der Waals surface area contributed by atoms with E-state index in [0.717, 1.165) is 25.0 Å². The molecule has 4 atom stereocenters. The molecule has 1 heterocycles. The summed E-state index contributed by atoms with van der Waals surface area (Å²) in [5.41, 5.74) is 0. The van der Waals surface area contributed by atoms with Crippen LogP contribution in [0.2, 0.25) is 0 Å². The van der Waals surface area contributed by atoms with Crippen LogP contribution in [0, 0.1) is 23.6 Å². The molecule has 1 aromatic rings. The van der Waals surface area contributed by atoms with Crippen LogP contribution >= 0.6 is 0 Å². The molecule has 1 aromatic carbocycles. The van der Waals surface area contributed by atoms with Crippen molar-refractivity contribution in [2.24, 2.45) is 17.8 Å². The van der Waals surface area contributed by atoms with E-state index >= 15 is 0 Å².